The lowest BCUT2D eigenvalue weighted by molar-refractivity contribution is 0.0600. The number of hydrogen-bond acceptors (Lipinski definition) is 6. The average molecular weight is 357 g/mol. The van der Waals surface area contributed by atoms with Crippen molar-refractivity contribution in [1.29, 1.82) is 0 Å². The second-order valence-corrected chi connectivity index (χ2v) is 6.60. The summed E-state index contributed by atoms with van der Waals surface area (Å²) in [5.74, 6) is 1.13. The van der Waals surface area contributed by atoms with Crippen molar-refractivity contribution in [2.24, 2.45) is 5.92 Å². The normalized spacial score (nSPS) is 15.6. The Bertz CT molecular complexity index is 779. The number of amides is 1. The van der Waals surface area contributed by atoms with Gasteiger partial charge in [0, 0.05) is 6.20 Å². The minimum absolute atomic E-state index is 0.218. The quantitative estimate of drug-likeness (QED) is 0.828. The van der Waals surface area contributed by atoms with Crippen LogP contribution in [0, 0.1) is 5.92 Å². The zero-order valence-electron chi connectivity index (χ0n) is 15.0. The number of furan rings is 1. The van der Waals surface area contributed by atoms with Crippen LogP contribution in [0.25, 0.3) is 0 Å². The molecule has 0 unspecified atom stereocenters. The fourth-order valence-electron chi connectivity index (χ4n) is 2.95. The lowest BCUT2D eigenvalue weighted by Crippen LogP contribution is -2.32. The van der Waals surface area contributed by atoms with Gasteiger partial charge in [0.15, 0.2) is 5.76 Å². The minimum atomic E-state index is -0.487. The summed E-state index contributed by atoms with van der Waals surface area (Å²) in [6, 6.07) is 6.46. The number of nitrogens with one attached hydrogen (secondary N) is 1. The lowest BCUT2D eigenvalue weighted by atomic mass is 9.99. The number of rotatable bonds is 5. The molecular formula is C19H23N3O4. The van der Waals surface area contributed by atoms with E-state index in [0.29, 0.717) is 12.1 Å². The fourth-order valence-corrected chi connectivity index (χ4v) is 2.95. The highest BCUT2D eigenvalue weighted by Gasteiger charge is 2.18. The Morgan fingerprint density at radius 2 is 2.08 bits per heavy atom. The molecule has 3 rings (SSSR count). The lowest BCUT2D eigenvalue weighted by Gasteiger charge is -2.29. The third kappa shape index (κ3) is 4.49. The molecule has 0 aromatic carbocycles. The molecule has 1 fully saturated rings. The van der Waals surface area contributed by atoms with Crippen molar-refractivity contribution in [3.63, 3.8) is 0 Å². The number of anilines is 1. The molecule has 0 spiro atoms. The Hall–Kier alpha value is -2.67. The van der Waals surface area contributed by atoms with E-state index in [9.17, 15) is 9.59 Å². The summed E-state index contributed by atoms with van der Waals surface area (Å²) in [6.07, 6.45) is 3.82. The molecule has 0 atom stereocenters. The summed E-state index contributed by atoms with van der Waals surface area (Å²) in [5.41, 5.74) is 0.317. The first-order valence-corrected chi connectivity index (χ1v) is 8.72. The zero-order chi connectivity index (χ0) is 18.5. The van der Waals surface area contributed by atoms with Crippen molar-refractivity contribution in [3.8, 4) is 0 Å². The molecule has 138 valence electrons. The Morgan fingerprint density at radius 1 is 1.31 bits per heavy atom. The molecule has 2 aromatic heterocycles. The number of ether oxygens (including phenoxy) is 1. The number of piperidine rings is 1. The second kappa shape index (κ2) is 8.14. The number of carbonyl (C=O) groups excluding carboxylic acids is 2. The molecule has 1 aliphatic rings. The molecule has 1 amide bonds. The Morgan fingerprint density at radius 3 is 2.81 bits per heavy atom. The van der Waals surface area contributed by atoms with Crippen LogP contribution in [0.3, 0.4) is 0 Å². The van der Waals surface area contributed by atoms with Gasteiger partial charge in [-0.2, -0.15) is 0 Å². The molecule has 0 aliphatic carbocycles. The number of esters is 1. The van der Waals surface area contributed by atoms with E-state index in [-0.39, 0.29) is 11.6 Å². The van der Waals surface area contributed by atoms with Gasteiger partial charge in [0.1, 0.15) is 11.6 Å². The number of pyridine rings is 1. The van der Waals surface area contributed by atoms with Gasteiger partial charge in [-0.05, 0) is 56.1 Å². The van der Waals surface area contributed by atoms with Crippen LogP contribution in [0.5, 0.6) is 0 Å². The molecule has 26 heavy (non-hydrogen) atoms. The van der Waals surface area contributed by atoms with Crippen molar-refractivity contribution >= 4 is 17.7 Å². The molecule has 0 radical (unpaired) electrons. The molecule has 7 nitrogen and oxygen atoms in total. The average Bonchev–Trinajstić information content (AvgIpc) is 3.12. The van der Waals surface area contributed by atoms with Crippen molar-refractivity contribution in [3.05, 3.63) is 47.5 Å². The maximum atomic E-state index is 12.3. The minimum Gasteiger partial charge on any atom is -0.465 e. The molecule has 0 saturated carbocycles. The van der Waals surface area contributed by atoms with Crippen LogP contribution in [0.2, 0.25) is 0 Å². The molecular weight excluding hydrogens is 334 g/mol. The number of nitrogens with zero attached hydrogens (tertiary/aromatic N) is 2. The Balaban J connectivity index is 1.60. The van der Waals surface area contributed by atoms with E-state index < -0.39 is 11.9 Å². The summed E-state index contributed by atoms with van der Waals surface area (Å²) >= 11 is 0. The highest BCUT2D eigenvalue weighted by atomic mass is 16.5. The molecule has 1 aliphatic heterocycles. The van der Waals surface area contributed by atoms with Gasteiger partial charge in [0.05, 0.1) is 19.2 Å². The highest BCUT2D eigenvalue weighted by molar-refractivity contribution is 6.02. The summed E-state index contributed by atoms with van der Waals surface area (Å²) in [7, 11) is 1.30. The van der Waals surface area contributed by atoms with Crippen LogP contribution in [0.4, 0.5) is 5.82 Å². The fraction of sp³-hybridized carbons (Fsp3) is 0.421. The molecule has 0 bridgehead atoms. The van der Waals surface area contributed by atoms with Gasteiger partial charge in [0.25, 0.3) is 5.91 Å². The number of aromatic nitrogens is 1. The van der Waals surface area contributed by atoms with Crippen molar-refractivity contribution in [1.82, 2.24) is 9.88 Å². The van der Waals surface area contributed by atoms with Crippen LogP contribution >= 0.6 is 0 Å². The third-order valence-electron chi connectivity index (χ3n) is 4.56. The summed E-state index contributed by atoms with van der Waals surface area (Å²) < 4.78 is 10.3. The van der Waals surface area contributed by atoms with Crippen LogP contribution < -0.4 is 5.32 Å². The standard InChI is InChI=1S/C19H23N3O4/c1-13-6-9-22(10-7-13)12-15-3-4-16(26-15)18(23)21-17-11-14(5-8-20-17)19(24)25-2/h3-5,8,11,13H,6-7,9-10,12H2,1-2H3,(H,20,21,23). The van der Waals surface area contributed by atoms with Gasteiger partial charge in [0.2, 0.25) is 0 Å². The number of hydrogen-bond donors (Lipinski definition) is 1. The van der Waals surface area contributed by atoms with Gasteiger partial charge in [-0.1, -0.05) is 6.92 Å². The zero-order valence-corrected chi connectivity index (χ0v) is 15.0. The van der Waals surface area contributed by atoms with Crippen molar-refractivity contribution in [2.45, 2.75) is 26.3 Å². The smallest absolute Gasteiger partial charge is 0.338 e. The highest BCUT2D eigenvalue weighted by Crippen LogP contribution is 2.19. The van der Waals surface area contributed by atoms with E-state index in [1.807, 2.05) is 6.07 Å². The molecule has 7 heteroatoms. The molecule has 3 heterocycles. The van der Waals surface area contributed by atoms with E-state index in [4.69, 9.17) is 4.42 Å². The van der Waals surface area contributed by atoms with E-state index in [1.54, 1.807) is 6.07 Å². The van der Waals surface area contributed by atoms with Gasteiger partial charge >= 0.3 is 5.97 Å². The first kappa shape index (κ1) is 18.1. The summed E-state index contributed by atoms with van der Waals surface area (Å²) in [4.78, 5) is 30.3. The predicted octanol–water partition coefficient (Wildman–Crippen LogP) is 2.95. The molecule has 1 saturated heterocycles. The van der Waals surface area contributed by atoms with E-state index in [0.717, 1.165) is 24.8 Å². The maximum absolute atomic E-state index is 12.3. The van der Waals surface area contributed by atoms with Gasteiger partial charge in [-0.25, -0.2) is 9.78 Å². The molecule has 1 N–H and O–H groups in total. The van der Waals surface area contributed by atoms with E-state index in [2.05, 4.69) is 26.9 Å². The van der Waals surface area contributed by atoms with Crippen molar-refractivity contribution in [2.75, 3.05) is 25.5 Å². The first-order valence-electron chi connectivity index (χ1n) is 8.72. The van der Waals surface area contributed by atoms with E-state index in [1.165, 1.54) is 38.3 Å². The van der Waals surface area contributed by atoms with Crippen LogP contribution in [0.1, 0.15) is 46.4 Å². The monoisotopic (exact) mass is 357 g/mol. The SMILES string of the molecule is COC(=O)c1ccnc(NC(=O)c2ccc(CN3CCC(C)CC3)o2)c1. The van der Waals surface area contributed by atoms with Crippen LogP contribution in [-0.2, 0) is 11.3 Å². The van der Waals surface area contributed by atoms with Gasteiger partial charge < -0.3 is 14.5 Å². The number of likely N-dealkylation sites (tertiary alicyclic amines) is 1. The molecule has 2 aromatic rings. The Kier molecular flexibility index (Phi) is 5.68. The summed E-state index contributed by atoms with van der Waals surface area (Å²) in [5, 5.41) is 2.64. The Labute approximate surface area is 152 Å². The van der Waals surface area contributed by atoms with Crippen molar-refractivity contribution < 1.29 is 18.7 Å². The topological polar surface area (TPSA) is 84.7 Å². The van der Waals surface area contributed by atoms with Gasteiger partial charge in [-0.3, -0.25) is 9.69 Å². The first-order chi connectivity index (χ1) is 12.5. The van der Waals surface area contributed by atoms with Crippen LogP contribution in [-0.4, -0.2) is 42.0 Å². The second-order valence-electron chi connectivity index (χ2n) is 6.60. The van der Waals surface area contributed by atoms with E-state index >= 15 is 0 Å². The van der Waals surface area contributed by atoms with Crippen LogP contribution in [0.15, 0.2) is 34.9 Å². The van der Waals surface area contributed by atoms with Gasteiger partial charge in [-0.15, -0.1) is 0 Å². The third-order valence-corrected chi connectivity index (χ3v) is 4.56. The number of methoxy groups -OCH3 is 1. The largest absolute Gasteiger partial charge is 0.465 e. The predicted molar refractivity (Wildman–Crippen MR) is 95.9 cm³/mol. The number of carbonyl (C=O) groups is 2. The summed E-state index contributed by atoms with van der Waals surface area (Å²) in [6.45, 7) is 5.08. The maximum Gasteiger partial charge on any atom is 0.338 e.